The summed E-state index contributed by atoms with van der Waals surface area (Å²) in [5.74, 6) is 0. The van der Waals surface area contributed by atoms with E-state index in [-0.39, 0.29) is 29.7 Å². The highest BCUT2D eigenvalue weighted by atomic mass is 16.3. The molecule has 0 radical (unpaired) electrons. The zero-order chi connectivity index (χ0) is 40.6. The van der Waals surface area contributed by atoms with Crippen molar-refractivity contribution in [2.24, 2.45) is 0 Å². The summed E-state index contributed by atoms with van der Waals surface area (Å²) in [6.07, 6.45) is 0. The lowest BCUT2D eigenvalue weighted by atomic mass is 9.92. The van der Waals surface area contributed by atoms with Crippen LogP contribution in [0.2, 0.25) is 0 Å². The van der Waals surface area contributed by atoms with E-state index in [1.807, 2.05) is 72.8 Å². The fourth-order valence-electron chi connectivity index (χ4n) is 8.09. The van der Waals surface area contributed by atoms with Crippen molar-refractivity contribution in [1.29, 1.82) is 0 Å². The Morgan fingerprint density at radius 2 is 0.873 bits per heavy atom. The lowest BCUT2D eigenvalue weighted by Crippen LogP contribution is -2.10. The van der Waals surface area contributed by atoms with Crippen LogP contribution in [0.15, 0.2) is 209 Å². The molecule has 0 spiro atoms. The number of furan rings is 2. The number of anilines is 3. The molecule has 55 heavy (non-hydrogen) atoms. The summed E-state index contributed by atoms with van der Waals surface area (Å²) < 4.78 is 55.8. The van der Waals surface area contributed by atoms with Crippen molar-refractivity contribution in [1.82, 2.24) is 0 Å². The van der Waals surface area contributed by atoms with Gasteiger partial charge in [0.2, 0.25) is 0 Å². The van der Waals surface area contributed by atoms with Gasteiger partial charge in [-0.15, -0.1) is 0 Å². The third kappa shape index (κ3) is 5.05. The Hall–Kier alpha value is -7.36. The topological polar surface area (TPSA) is 29.5 Å². The molecule has 0 saturated carbocycles. The van der Waals surface area contributed by atoms with Crippen LogP contribution in [0.1, 0.15) is 6.85 Å². The molecule has 2 aromatic heterocycles. The first-order valence-electron chi connectivity index (χ1n) is 20.8. The van der Waals surface area contributed by atoms with Crippen LogP contribution in [0.3, 0.4) is 0 Å². The van der Waals surface area contributed by atoms with E-state index in [0.29, 0.717) is 5.56 Å². The Morgan fingerprint density at radius 3 is 1.58 bits per heavy atom. The Morgan fingerprint density at radius 1 is 0.345 bits per heavy atom. The maximum absolute atomic E-state index is 8.69. The van der Waals surface area contributed by atoms with Crippen LogP contribution in [0.4, 0.5) is 17.1 Å². The number of nitrogens with zero attached hydrogens (tertiary/aromatic N) is 1. The molecule has 11 aromatic rings. The molecule has 9 aromatic carbocycles. The predicted octanol–water partition coefficient (Wildman–Crippen LogP) is 15.1. The molecule has 0 fully saturated rings. The molecule has 0 unspecified atom stereocenters. The van der Waals surface area contributed by atoms with Crippen molar-refractivity contribution in [3.8, 4) is 33.4 Å². The van der Waals surface area contributed by atoms with Gasteiger partial charge in [-0.05, 0) is 68.9 Å². The molecule has 0 saturated heterocycles. The monoisotopic (exact) mass is 708 g/mol. The zero-order valence-corrected chi connectivity index (χ0v) is 29.4. The Labute approximate surface area is 324 Å². The highest BCUT2D eigenvalue weighted by Gasteiger charge is 2.24. The van der Waals surface area contributed by atoms with Gasteiger partial charge < -0.3 is 13.7 Å². The first-order valence-corrected chi connectivity index (χ1v) is 18.3. The number of hydrogen-bond acceptors (Lipinski definition) is 3. The average molecular weight is 709 g/mol. The van der Waals surface area contributed by atoms with Crippen LogP contribution in [0.5, 0.6) is 0 Å². The molecular formula is C52H33NO2. The van der Waals surface area contributed by atoms with E-state index in [2.05, 4.69) is 102 Å². The van der Waals surface area contributed by atoms with Crippen molar-refractivity contribution >= 4 is 71.7 Å². The molecule has 0 bridgehead atoms. The van der Waals surface area contributed by atoms with Gasteiger partial charge in [-0.2, -0.15) is 0 Å². The van der Waals surface area contributed by atoms with Gasteiger partial charge in [0.25, 0.3) is 0 Å². The van der Waals surface area contributed by atoms with Crippen molar-refractivity contribution in [2.75, 3.05) is 4.90 Å². The first kappa shape index (κ1) is 26.4. The number of benzene rings is 9. The summed E-state index contributed by atoms with van der Waals surface area (Å²) in [7, 11) is 0. The summed E-state index contributed by atoms with van der Waals surface area (Å²) in [5.41, 5.74) is 10.5. The summed E-state index contributed by atoms with van der Waals surface area (Å²) in [4.78, 5) is 2.21. The Bertz CT molecular complexity index is 3470. The zero-order valence-electron chi connectivity index (χ0n) is 34.4. The molecule has 0 amide bonds. The maximum Gasteiger partial charge on any atom is 0.159 e. The number of hydrogen-bond donors (Lipinski definition) is 0. The summed E-state index contributed by atoms with van der Waals surface area (Å²) in [5, 5.41) is 5.78. The molecule has 0 N–H and O–H groups in total. The van der Waals surface area contributed by atoms with Crippen molar-refractivity contribution in [2.45, 2.75) is 0 Å². The van der Waals surface area contributed by atoms with Crippen LogP contribution in [-0.4, -0.2) is 0 Å². The standard InChI is InChI=1S/C52H33NO2/c1-3-14-34(15-4-1)38-32-33-39(42-19-8-7-18-41(38)42)36-28-30-37(31-29-36)53(47-25-12-23-44-43-20-9-10-27-49(43)54-51(44)47)48-26-13-24-46-45-22-11-21-40(50(45)55-52(46)48)35-16-5-2-6-17-35/h1-33H/i1D,3D,4D,14D,15D. The molecule has 3 heteroatoms. The van der Waals surface area contributed by atoms with E-state index < -0.39 is 6.04 Å². The van der Waals surface area contributed by atoms with Gasteiger partial charge in [-0.25, -0.2) is 0 Å². The van der Waals surface area contributed by atoms with Crippen LogP contribution >= 0.6 is 0 Å². The van der Waals surface area contributed by atoms with E-state index >= 15 is 0 Å². The second kappa shape index (κ2) is 12.6. The van der Waals surface area contributed by atoms with Crippen LogP contribution in [0.25, 0.3) is 88.0 Å². The Balaban J connectivity index is 1.10. The van der Waals surface area contributed by atoms with Crippen LogP contribution < -0.4 is 4.90 Å². The Kier molecular flexibility index (Phi) is 6.07. The SMILES string of the molecule is [2H]c1c([2H])c([2H])c(-c2ccc(-c3ccc(N(c4cccc5c4oc4ccccc45)c4cccc5c4oc4c(-c6ccccc6)cccc45)cc3)c3ccccc23)c([2H])c1[2H]. The van der Waals surface area contributed by atoms with E-state index in [1.165, 1.54) is 0 Å². The minimum Gasteiger partial charge on any atom is -0.454 e. The van der Waals surface area contributed by atoms with Crippen molar-refractivity contribution in [3.63, 3.8) is 0 Å². The van der Waals surface area contributed by atoms with Gasteiger partial charge in [-0.1, -0.05) is 170 Å². The highest BCUT2D eigenvalue weighted by molar-refractivity contribution is 6.15. The first-order chi connectivity index (χ1) is 29.4. The van der Waals surface area contributed by atoms with Crippen LogP contribution in [-0.2, 0) is 0 Å². The normalized spacial score (nSPS) is 12.9. The molecule has 0 aliphatic carbocycles. The molecular weight excluding hydrogens is 671 g/mol. The highest BCUT2D eigenvalue weighted by Crippen LogP contribution is 2.47. The quantitative estimate of drug-likeness (QED) is 0.172. The molecule has 0 aliphatic heterocycles. The molecule has 0 aliphatic rings. The number of fused-ring (bicyclic) bond motifs is 7. The third-order valence-electron chi connectivity index (χ3n) is 10.6. The maximum atomic E-state index is 8.69. The molecule has 2 heterocycles. The average Bonchev–Trinajstić information content (AvgIpc) is 3.88. The van der Waals surface area contributed by atoms with Crippen LogP contribution in [0, 0.1) is 0 Å². The summed E-state index contributed by atoms with van der Waals surface area (Å²) in [6, 6.07) is 55.7. The molecule has 258 valence electrons. The second-order valence-corrected chi connectivity index (χ2v) is 13.6. The van der Waals surface area contributed by atoms with Gasteiger partial charge >= 0.3 is 0 Å². The van der Waals surface area contributed by atoms with Gasteiger partial charge in [0.1, 0.15) is 11.2 Å². The van der Waals surface area contributed by atoms with Gasteiger partial charge in [0, 0.05) is 32.8 Å². The van der Waals surface area contributed by atoms with Crippen molar-refractivity contribution in [3.05, 3.63) is 200 Å². The minimum atomic E-state index is -0.408. The fourth-order valence-corrected chi connectivity index (χ4v) is 8.09. The lowest BCUT2D eigenvalue weighted by Gasteiger charge is -2.26. The van der Waals surface area contributed by atoms with Gasteiger partial charge in [0.05, 0.1) is 18.2 Å². The second-order valence-electron chi connectivity index (χ2n) is 13.6. The predicted molar refractivity (Wildman–Crippen MR) is 229 cm³/mol. The smallest absolute Gasteiger partial charge is 0.159 e. The summed E-state index contributed by atoms with van der Waals surface area (Å²) in [6.45, 7) is 0. The number of rotatable bonds is 6. The summed E-state index contributed by atoms with van der Waals surface area (Å²) >= 11 is 0. The van der Waals surface area contributed by atoms with E-state index in [0.717, 1.165) is 94.0 Å². The van der Waals surface area contributed by atoms with E-state index in [9.17, 15) is 0 Å². The van der Waals surface area contributed by atoms with Gasteiger partial charge in [0.15, 0.2) is 11.2 Å². The third-order valence-corrected chi connectivity index (χ3v) is 10.6. The largest absolute Gasteiger partial charge is 0.454 e. The van der Waals surface area contributed by atoms with Gasteiger partial charge in [-0.3, -0.25) is 0 Å². The molecule has 0 atom stereocenters. The molecule has 3 nitrogen and oxygen atoms in total. The number of para-hydroxylation sites is 4. The van der Waals surface area contributed by atoms with Crippen molar-refractivity contribution < 1.29 is 15.7 Å². The fraction of sp³-hybridized carbons (Fsp3) is 0. The minimum absolute atomic E-state index is 0.185. The van der Waals surface area contributed by atoms with E-state index in [1.54, 1.807) is 0 Å². The lowest BCUT2D eigenvalue weighted by molar-refractivity contribution is 0.666. The molecule has 11 rings (SSSR count). The van der Waals surface area contributed by atoms with E-state index in [4.69, 9.17) is 15.7 Å².